The van der Waals surface area contributed by atoms with Gasteiger partial charge in [0.1, 0.15) is 12.9 Å². The maximum Gasteiger partial charge on any atom is 0.163 e. The number of unbranched alkanes of at least 4 members (excludes halogenated alkanes) is 1. The second-order valence-corrected chi connectivity index (χ2v) is 7.26. The van der Waals surface area contributed by atoms with E-state index in [1.807, 2.05) is 13.8 Å². The van der Waals surface area contributed by atoms with Crippen molar-refractivity contribution in [1.82, 2.24) is 0 Å². The van der Waals surface area contributed by atoms with Crippen LogP contribution >= 0.6 is 0 Å². The van der Waals surface area contributed by atoms with Gasteiger partial charge in [0.25, 0.3) is 0 Å². The monoisotopic (exact) mass is 438 g/mol. The topological polar surface area (TPSA) is 83.1 Å². The van der Waals surface area contributed by atoms with E-state index in [2.05, 4.69) is 6.92 Å². The summed E-state index contributed by atoms with van der Waals surface area (Å²) < 4.78 is 48.9. The summed E-state index contributed by atoms with van der Waals surface area (Å²) in [5.41, 5.74) is 0. The van der Waals surface area contributed by atoms with Crippen LogP contribution in [0.3, 0.4) is 0 Å². The zero-order valence-electron chi connectivity index (χ0n) is 19.1. The molecule has 180 valence electrons. The van der Waals surface area contributed by atoms with Crippen molar-refractivity contribution in [1.29, 1.82) is 0 Å². The van der Waals surface area contributed by atoms with Gasteiger partial charge in [-0.1, -0.05) is 13.3 Å². The van der Waals surface area contributed by atoms with E-state index >= 15 is 0 Å². The maximum atomic E-state index is 5.63. The van der Waals surface area contributed by atoms with Crippen LogP contribution in [0.5, 0.6) is 0 Å². The number of hydrogen-bond acceptors (Lipinski definition) is 9. The van der Waals surface area contributed by atoms with Gasteiger partial charge in [0, 0.05) is 6.61 Å². The molecule has 0 aromatic carbocycles. The average molecular weight is 439 g/mol. The molecule has 0 aromatic rings. The van der Waals surface area contributed by atoms with Crippen LogP contribution in [0.4, 0.5) is 0 Å². The summed E-state index contributed by atoms with van der Waals surface area (Å²) in [4.78, 5) is 0. The predicted octanol–water partition coefficient (Wildman–Crippen LogP) is 2.01. The van der Waals surface area contributed by atoms with Crippen LogP contribution in [-0.4, -0.2) is 105 Å². The van der Waals surface area contributed by atoms with Crippen molar-refractivity contribution in [2.24, 2.45) is 0 Å². The minimum absolute atomic E-state index is 0.0385. The molecule has 1 aliphatic heterocycles. The van der Waals surface area contributed by atoms with Crippen molar-refractivity contribution in [2.75, 3.05) is 92.7 Å². The average Bonchev–Trinajstić information content (AvgIpc) is 3.07. The largest absolute Gasteiger partial charge is 0.379 e. The molecule has 0 bridgehead atoms. The van der Waals surface area contributed by atoms with Crippen LogP contribution in [0, 0.1) is 0 Å². The first-order valence-electron chi connectivity index (χ1n) is 11.0. The molecule has 9 nitrogen and oxygen atoms in total. The van der Waals surface area contributed by atoms with E-state index in [1.54, 1.807) is 0 Å². The van der Waals surface area contributed by atoms with Gasteiger partial charge in [0.05, 0.1) is 79.3 Å². The van der Waals surface area contributed by atoms with Crippen LogP contribution < -0.4 is 0 Å². The van der Waals surface area contributed by atoms with Crippen molar-refractivity contribution in [2.45, 2.75) is 45.5 Å². The Morgan fingerprint density at radius 1 is 0.667 bits per heavy atom. The molecular weight excluding hydrogens is 396 g/mol. The Morgan fingerprint density at radius 3 is 1.57 bits per heavy atom. The Kier molecular flexibility index (Phi) is 17.8. The van der Waals surface area contributed by atoms with E-state index in [0.29, 0.717) is 79.3 Å². The lowest BCUT2D eigenvalue weighted by Crippen LogP contribution is -2.24. The van der Waals surface area contributed by atoms with Crippen molar-refractivity contribution in [3.63, 3.8) is 0 Å². The first kappa shape index (κ1) is 27.7. The molecule has 30 heavy (non-hydrogen) atoms. The van der Waals surface area contributed by atoms with E-state index in [-0.39, 0.29) is 12.9 Å². The first-order chi connectivity index (χ1) is 14.6. The summed E-state index contributed by atoms with van der Waals surface area (Å²) in [5.74, 6) is -0.519. The Morgan fingerprint density at radius 2 is 1.13 bits per heavy atom. The van der Waals surface area contributed by atoms with Gasteiger partial charge in [-0.15, -0.1) is 0 Å². The predicted molar refractivity (Wildman–Crippen MR) is 111 cm³/mol. The van der Waals surface area contributed by atoms with Gasteiger partial charge >= 0.3 is 0 Å². The smallest absolute Gasteiger partial charge is 0.163 e. The van der Waals surface area contributed by atoms with Crippen molar-refractivity contribution >= 4 is 0 Å². The molecule has 0 saturated carbocycles. The molecule has 1 fully saturated rings. The molecule has 1 atom stereocenters. The van der Waals surface area contributed by atoms with E-state index in [9.17, 15) is 0 Å². The third-order valence-corrected chi connectivity index (χ3v) is 4.04. The van der Waals surface area contributed by atoms with E-state index in [0.717, 1.165) is 19.4 Å². The third-order valence-electron chi connectivity index (χ3n) is 4.04. The van der Waals surface area contributed by atoms with Crippen molar-refractivity contribution in [3.05, 3.63) is 0 Å². The Bertz CT molecular complexity index is 368. The van der Waals surface area contributed by atoms with Gasteiger partial charge in [0.2, 0.25) is 0 Å². The number of rotatable bonds is 22. The molecule has 1 rings (SSSR count). The molecule has 0 amide bonds. The molecule has 9 heteroatoms. The quantitative estimate of drug-likeness (QED) is 0.186. The molecule has 0 aromatic heterocycles. The highest BCUT2D eigenvalue weighted by Crippen LogP contribution is 2.22. The van der Waals surface area contributed by atoms with Gasteiger partial charge in [-0.25, -0.2) is 0 Å². The van der Waals surface area contributed by atoms with Gasteiger partial charge in [0.15, 0.2) is 5.79 Å². The Labute approximate surface area is 181 Å². The fourth-order valence-electron chi connectivity index (χ4n) is 2.49. The van der Waals surface area contributed by atoms with Crippen molar-refractivity contribution in [3.8, 4) is 0 Å². The Balaban J connectivity index is 1.66. The van der Waals surface area contributed by atoms with Gasteiger partial charge in [-0.05, 0) is 20.3 Å². The molecule has 1 heterocycles. The standard InChI is InChI=1S/C21H42O9/c1-4-5-6-22-7-8-23-9-10-24-11-12-25-13-14-26-15-16-27-19-28-17-20-18-29-21(2,3)30-20/h20H,4-19H2,1-3H3. The van der Waals surface area contributed by atoms with Crippen molar-refractivity contribution < 1.29 is 42.6 Å². The highest BCUT2D eigenvalue weighted by Gasteiger charge is 2.32. The Hall–Kier alpha value is -0.360. The second-order valence-electron chi connectivity index (χ2n) is 7.26. The zero-order valence-corrected chi connectivity index (χ0v) is 19.1. The van der Waals surface area contributed by atoms with Gasteiger partial charge in [-0.2, -0.15) is 0 Å². The van der Waals surface area contributed by atoms with E-state index in [4.69, 9.17) is 42.6 Å². The van der Waals surface area contributed by atoms with Gasteiger partial charge < -0.3 is 42.6 Å². The second kappa shape index (κ2) is 19.3. The summed E-state index contributed by atoms with van der Waals surface area (Å²) in [6.45, 7) is 13.4. The summed E-state index contributed by atoms with van der Waals surface area (Å²) in [7, 11) is 0. The summed E-state index contributed by atoms with van der Waals surface area (Å²) in [6.07, 6.45) is 2.21. The fraction of sp³-hybridized carbons (Fsp3) is 1.00. The van der Waals surface area contributed by atoms with Crippen LogP contribution in [0.15, 0.2) is 0 Å². The minimum atomic E-state index is -0.519. The maximum absolute atomic E-state index is 5.63. The molecule has 0 spiro atoms. The summed E-state index contributed by atoms with van der Waals surface area (Å²) >= 11 is 0. The SMILES string of the molecule is CCCCOCCOCCOCCOCCOCCOCOCC1COC(C)(C)O1. The highest BCUT2D eigenvalue weighted by molar-refractivity contribution is 4.69. The first-order valence-corrected chi connectivity index (χ1v) is 11.0. The van der Waals surface area contributed by atoms with E-state index in [1.165, 1.54) is 0 Å². The van der Waals surface area contributed by atoms with E-state index < -0.39 is 5.79 Å². The lowest BCUT2D eigenvalue weighted by atomic mass is 10.4. The molecule has 1 aliphatic rings. The molecule has 0 radical (unpaired) electrons. The number of hydrogen-bond donors (Lipinski definition) is 0. The highest BCUT2D eigenvalue weighted by atomic mass is 16.8. The lowest BCUT2D eigenvalue weighted by molar-refractivity contribution is -0.153. The third kappa shape index (κ3) is 17.3. The minimum Gasteiger partial charge on any atom is -0.379 e. The molecule has 1 saturated heterocycles. The lowest BCUT2D eigenvalue weighted by Gasteiger charge is -2.17. The molecular formula is C21H42O9. The van der Waals surface area contributed by atoms with Crippen LogP contribution in [-0.2, 0) is 42.6 Å². The number of ether oxygens (including phenoxy) is 9. The van der Waals surface area contributed by atoms with Crippen LogP contribution in [0.1, 0.15) is 33.6 Å². The summed E-state index contributed by atoms with van der Waals surface area (Å²) in [5, 5.41) is 0. The molecule has 0 aliphatic carbocycles. The zero-order chi connectivity index (χ0) is 21.8. The summed E-state index contributed by atoms with van der Waals surface area (Å²) in [6, 6.07) is 0. The molecule has 1 unspecified atom stereocenters. The van der Waals surface area contributed by atoms with Crippen LogP contribution in [0.2, 0.25) is 0 Å². The fourth-order valence-corrected chi connectivity index (χ4v) is 2.49. The normalized spacial score (nSPS) is 18.3. The van der Waals surface area contributed by atoms with Crippen LogP contribution in [0.25, 0.3) is 0 Å². The van der Waals surface area contributed by atoms with Gasteiger partial charge in [-0.3, -0.25) is 0 Å². The molecule has 0 N–H and O–H groups in total.